The number of nitrogens with one attached hydrogen (secondary N) is 1. The van der Waals surface area contributed by atoms with E-state index in [1.54, 1.807) is 0 Å². The van der Waals surface area contributed by atoms with Crippen LogP contribution in [-0.4, -0.2) is 0 Å². The predicted molar refractivity (Wildman–Crippen MR) is 175 cm³/mol. The normalized spacial score (nSPS) is 11.1. The molecule has 0 spiro atoms. The number of fused-ring (bicyclic) bond motifs is 2. The van der Waals surface area contributed by atoms with E-state index in [4.69, 9.17) is 0 Å². The smallest absolute Gasteiger partial charge is 0.0391 e. The Balaban J connectivity index is 1.11. The minimum Gasteiger partial charge on any atom is -0.356 e. The van der Waals surface area contributed by atoms with E-state index in [0.29, 0.717) is 0 Å². The third-order valence-electron chi connectivity index (χ3n) is 7.50. The van der Waals surface area contributed by atoms with Gasteiger partial charge in [-0.2, -0.15) is 0 Å². The molecule has 0 aliphatic rings. The average Bonchev–Trinajstić information content (AvgIpc) is 3.02. The van der Waals surface area contributed by atoms with Crippen molar-refractivity contribution in [2.75, 3.05) is 5.32 Å². The molecule has 0 unspecified atom stereocenters. The Bertz CT molecular complexity index is 1970. The second kappa shape index (κ2) is 10.5. The van der Waals surface area contributed by atoms with Crippen LogP contribution in [0, 0.1) is 0 Å². The van der Waals surface area contributed by atoms with E-state index in [2.05, 4.69) is 173 Å². The molecule has 0 saturated carbocycles. The lowest BCUT2D eigenvalue weighted by Gasteiger charge is -2.12. The molecular formula is C38H26BrN. The Kier molecular flexibility index (Phi) is 6.39. The van der Waals surface area contributed by atoms with Crippen molar-refractivity contribution in [3.63, 3.8) is 0 Å². The highest BCUT2D eigenvalue weighted by Crippen LogP contribution is 2.34. The first kappa shape index (κ1) is 24.4. The molecule has 1 N–H and O–H groups in total. The summed E-state index contributed by atoms with van der Waals surface area (Å²) >= 11 is 3.77. The summed E-state index contributed by atoms with van der Waals surface area (Å²) in [4.78, 5) is 0. The van der Waals surface area contributed by atoms with Crippen LogP contribution >= 0.6 is 15.9 Å². The van der Waals surface area contributed by atoms with Crippen LogP contribution in [0.5, 0.6) is 0 Å². The molecule has 0 atom stereocenters. The molecule has 0 aromatic heterocycles. The van der Waals surface area contributed by atoms with E-state index in [1.807, 2.05) is 0 Å². The molecule has 0 fully saturated rings. The van der Waals surface area contributed by atoms with Crippen LogP contribution in [0.3, 0.4) is 0 Å². The van der Waals surface area contributed by atoms with Crippen molar-refractivity contribution >= 4 is 48.8 Å². The van der Waals surface area contributed by atoms with Gasteiger partial charge in [0.2, 0.25) is 0 Å². The molecule has 7 aromatic rings. The Morgan fingerprint density at radius 1 is 0.350 bits per heavy atom. The van der Waals surface area contributed by atoms with Gasteiger partial charge in [-0.15, -0.1) is 0 Å². The van der Waals surface area contributed by atoms with Crippen LogP contribution in [0.2, 0.25) is 0 Å². The molecule has 40 heavy (non-hydrogen) atoms. The Hall–Kier alpha value is -4.66. The molecule has 0 heterocycles. The van der Waals surface area contributed by atoms with E-state index in [-0.39, 0.29) is 0 Å². The maximum Gasteiger partial charge on any atom is 0.0391 e. The first-order valence-corrected chi connectivity index (χ1v) is 14.2. The minimum absolute atomic E-state index is 1.05. The third-order valence-corrected chi connectivity index (χ3v) is 8.19. The highest BCUT2D eigenvalue weighted by atomic mass is 79.9. The summed E-state index contributed by atoms with van der Waals surface area (Å²) in [6.07, 6.45) is 0. The molecule has 0 saturated heterocycles. The Labute approximate surface area is 242 Å². The van der Waals surface area contributed by atoms with Crippen molar-refractivity contribution in [3.8, 4) is 33.4 Å². The van der Waals surface area contributed by atoms with Crippen molar-refractivity contribution in [3.05, 3.63) is 156 Å². The van der Waals surface area contributed by atoms with E-state index in [9.17, 15) is 0 Å². The summed E-state index contributed by atoms with van der Waals surface area (Å²) in [5.74, 6) is 0. The lowest BCUT2D eigenvalue weighted by molar-refractivity contribution is 1.52. The van der Waals surface area contributed by atoms with Crippen LogP contribution in [0.25, 0.3) is 54.9 Å². The molecule has 0 radical (unpaired) electrons. The fourth-order valence-electron chi connectivity index (χ4n) is 5.32. The summed E-state index contributed by atoms with van der Waals surface area (Å²) in [5, 5.41) is 8.63. The molecule has 2 heteroatoms. The maximum absolute atomic E-state index is 3.77. The fourth-order valence-corrected chi connectivity index (χ4v) is 5.79. The maximum atomic E-state index is 3.77. The highest BCUT2D eigenvalue weighted by Gasteiger charge is 2.08. The summed E-state index contributed by atoms with van der Waals surface area (Å²) in [6, 6.07) is 54.1. The van der Waals surface area contributed by atoms with Gasteiger partial charge in [-0.25, -0.2) is 0 Å². The molecule has 7 aromatic carbocycles. The van der Waals surface area contributed by atoms with Crippen LogP contribution in [0.4, 0.5) is 11.4 Å². The minimum atomic E-state index is 1.05. The molecule has 0 aliphatic carbocycles. The second-order valence-electron chi connectivity index (χ2n) is 10.1. The van der Waals surface area contributed by atoms with Crippen molar-refractivity contribution in [2.45, 2.75) is 0 Å². The summed E-state index contributed by atoms with van der Waals surface area (Å²) in [7, 11) is 0. The van der Waals surface area contributed by atoms with Crippen LogP contribution in [0.15, 0.2) is 156 Å². The van der Waals surface area contributed by atoms with Gasteiger partial charge in [0.1, 0.15) is 0 Å². The summed E-state index contributed by atoms with van der Waals surface area (Å²) < 4.78 is 1.07. The molecule has 1 nitrogen and oxygen atoms in total. The lowest BCUT2D eigenvalue weighted by Crippen LogP contribution is -1.92. The van der Waals surface area contributed by atoms with Gasteiger partial charge in [0.15, 0.2) is 0 Å². The topological polar surface area (TPSA) is 12.0 Å². The number of benzene rings is 7. The quantitative estimate of drug-likeness (QED) is 0.215. The highest BCUT2D eigenvalue weighted by molar-refractivity contribution is 9.10. The van der Waals surface area contributed by atoms with Crippen LogP contribution in [0.1, 0.15) is 0 Å². The van der Waals surface area contributed by atoms with E-state index in [1.165, 1.54) is 49.4 Å². The molecule has 7 rings (SSSR count). The monoisotopic (exact) mass is 575 g/mol. The van der Waals surface area contributed by atoms with Gasteiger partial charge < -0.3 is 5.32 Å². The second-order valence-corrected chi connectivity index (χ2v) is 11.0. The largest absolute Gasteiger partial charge is 0.356 e. The fraction of sp³-hybridized carbons (Fsp3) is 0. The first-order chi connectivity index (χ1) is 19.7. The number of hydrogen-bond acceptors (Lipinski definition) is 1. The zero-order valence-electron chi connectivity index (χ0n) is 21.8. The molecule has 0 bridgehead atoms. The zero-order chi connectivity index (χ0) is 26.9. The molecule has 0 amide bonds. The number of hydrogen-bond donors (Lipinski definition) is 1. The van der Waals surface area contributed by atoms with E-state index >= 15 is 0 Å². The van der Waals surface area contributed by atoms with Crippen molar-refractivity contribution in [1.29, 1.82) is 0 Å². The Morgan fingerprint density at radius 3 is 1.38 bits per heavy atom. The molecule has 190 valence electrons. The van der Waals surface area contributed by atoms with Gasteiger partial charge in [0.05, 0.1) is 0 Å². The van der Waals surface area contributed by atoms with Crippen LogP contribution < -0.4 is 5.32 Å². The van der Waals surface area contributed by atoms with Gasteiger partial charge in [-0.3, -0.25) is 0 Å². The molecule has 0 aliphatic heterocycles. The van der Waals surface area contributed by atoms with Crippen molar-refractivity contribution in [2.24, 2.45) is 0 Å². The number of anilines is 2. The predicted octanol–water partition coefficient (Wildman–Crippen LogP) is 11.5. The zero-order valence-corrected chi connectivity index (χ0v) is 23.4. The van der Waals surface area contributed by atoms with Gasteiger partial charge in [0, 0.05) is 15.8 Å². The van der Waals surface area contributed by atoms with Gasteiger partial charge in [0.25, 0.3) is 0 Å². The average molecular weight is 577 g/mol. The summed E-state index contributed by atoms with van der Waals surface area (Å²) in [5.41, 5.74) is 9.31. The van der Waals surface area contributed by atoms with Crippen molar-refractivity contribution in [1.82, 2.24) is 0 Å². The van der Waals surface area contributed by atoms with Crippen molar-refractivity contribution < 1.29 is 0 Å². The number of halogens is 1. The van der Waals surface area contributed by atoms with E-state index < -0.39 is 0 Å². The lowest BCUT2D eigenvalue weighted by atomic mass is 9.98. The summed E-state index contributed by atoms with van der Waals surface area (Å²) in [6.45, 7) is 0. The van der Waals surface area contributed by atoms with Gasteiger partial charge in [-0.05, 0) is 97.4 Å². The van der Waals surface area contributed by atoms with Gasteiger partial charge in [-0.1, -0.05) is 125 Å². The number of rotatable bonds is 5. The first-order valence-electron chi connectivity index (χ1n) is 13.5. The standard InChI is InChI=1S/C38H26BrN/c39-38-22-21-36(40-35-19-17-29(18-20-35)34-16-12-27-6-2-4-8-32(27)24-34)25-37(38)30-13-9-28(10-14-30)33-15-11-26-5-1-3-7-31(26)23-33/h1-25,40H. The van der Waals surface area contributed by atoms with Gasteiger partial charge >= 0.3 is 0 Å². The van der Waals surface area contributed by atoms with Crippen LogP contribution in [-0.2, 0) is 0 Å². The molecular weight excluding hydrogens is 550 g/mol. The SMILES string of the molecule is Brc1ccc(Nc2ccc(-c3ccc4ccccc4c3)cc2)cc1-c1ccc(-c2ccc3ccccc3c2)cc1. The third kappa shape index (κ3) is 4.90. The van der Waals surface area contributed by atoms with E-state index in [0.717, 1.165) is 21.4 Å². The Morgan fingerprint density at radius 2 is 0.800 bits per heavy atom.